The van der Waals surface area contributed by atoms with Crippen LogP contribution in [0.1, 0.15) is 10.4 Å². The second-order valence-corrected chi connectivity index (χ2v) is 7.51. The molecule has 0 spiro atoms. The molecule has 0 radical (unpaired) electrons. The van der Waals surface area contributed by atoms with Crippen molar-refractivity contribution in [1.29, 1.82) is 0 Å². The van der Waals surface area contributed by atoms with Crippen molar-refractivity contribution in [2.45, 2.75) is 0 Å². The van der Waals surface area contributed by atoms with Gasteiger partial charge in [-0.2, -0.15) is 5.10 Å². The van der Waals surface area contributed by atoms with Crippen LogP contribution in [-0.2, 0) is 0 Å². The van der Waals surface area contributed by atoms with E-state index < -0.39 is 0 Å². The number of hydrogen-bond donors (Lipinski definition) is 2. The predicted octanol–water partition coefficient (Wildman–Crippen LogP) is 3.85. The van der Waals surface area contributed by atoms with Gasteiger partial charge in [0.05, 0.1) is 30.4 Å². The van der Waals surface area contributed by atoms with Gasteiger partial charge in [-0.3, -0.25) is 9.78 Å². The van der Waals surface area contributed by atoms with E-state index in [9.17, 15) is 4.79 Å². The monoisotopic (exact) mass is 435 g/mol. The summed E-state index contributed by atoms with van der Waals surface area (Å²) in [6.07, 6.45) is 5.40. The van der Waals surface area contributed by atoms with Crippen molar-refractivity contribution in [1.82, 2.24) is 24.9 Å². The van der Waals surface area contributed by atoms with Crippen LogP contribution in [0.4, 0.5) is 0 Å². The van der Waals surface area contributed by atoms with Crippen molar-refractivity contribution in [3.63, 3.8) is 0 Å². The average Bonchev–Trinajstić information content (AvgIpc) is 3.31. The third-order valence-electron chi connectivity index (χ3n) is 5.36. The van der Waals surface area contributed by atoms with E-state index in [-0.39, 0.29) is 19.1 Å². The fraction of sp³-hybridized carbons (Fsp3) is 0.0769. The van der Waals surface area contributed by atoms with Crippen LogP contribution in [0.3, 0.4) is 0 Å². The molecule has 0 fully saturated rings. The third kappa shape index (κ3) is 4.22. The molecule has 2 aromatic carbocycles. The Morgan fingerprint density at radius 2 is 1.67 bits per heavy atom. The second-order valence-electron chi connectivity index (χ2n) is 7.51. The van der Waals surface area contributed by atoms with Gasteiger partial charge in [0.1, 0.15) is 0 Å². The van der Waals surface area contributed by atoms with Gasteiger partial charge in [-0.15, -0.1) is 0 Å². The molecule has 0 unspecified atom stereocenters. The van der Waals surface area contributed by atoms with Crippen molar-refractivity contribution in [3.8, 4) is 33.6 Å². The van der Waals surface area contributed by atoms with Crippen LogP contribution in [0.25, 0.3) is 39.3 Å². The number of aliphatic hydroxyl groups excluding tert-OH is 1. The van der Waals surface area contributed by atoms with Crippen molar-refractivity contribution < 1.29 is 9.90 Å². The normalized spacial score (nSPS) is 10.9. The number of imidazole rings is 1. The molecule has 0 aliphatic heterocycles. The topological polar surface area (TPSA) is 92.4 Å². The first-order valence-corrected chi connectivity index (χ1v) is 10.6. The summed E-state index contributed by atoms with van der Waals surface area (Å²) >= 11 is 0. The van der Waals surface area contributed by atoms with E-state index in [1.807, 2.05) is 71.4 Å². The fourth-order valence-electron chi connectivity index (χ4n) is 3.67. The predicted molar refractivity (Wildman–Crippen MR) is 127 cm³/mol. The van der Waals surface area contributed by atoms with Crippen LogP contribution >= 0.6 is 0 Å². The van der Waals surface area contributed by atoms with E-state index >= 15 is 0 Å². The Labute approximate surface area is 190 Å². The zero-order valence-electron chi connectivity index (χ0n) is 17.7. The maximum Gasteiger partial charge on any atom is 0.251 e. The lowest BCUT2D eigenvalue weighted by Crippen LogP contribution is -2.26. The number of aromatic nitrogens is 4. The molecule has 0 atom stereocenters. The number of benzene rings is 2. The number of rotatable bonds is 6. The van der Waals surface area contributed by atoms with Crippen LogP contribution in [0, 0.1) is 0 Å². The number of carbonyl (C=O) groups is 1. The summed E-state index contributed by atoms with van der Waals surface area (Å²) in [7, 11) is 0. The molecule has 0 aliphatic rings. The van der Waals surface area contributed by atoms with Crippen LogP contribution in [-0.4, -0.2) is 43.7 Å². The highest BCUT2D eigenvalue weighted by molar-refractivity contribution is 5.94. The molecule has 1 amide bonds. The van der Waals surface area contributed by atoms with Gasteiger partial charge < -0.3 is 10.4 Å². The molecule has 7 nitrogen and oxygen atoms in total. The zero-order chi connectivity index (χ0) is 22.6. The lowest BCUT2D eigenvalue weighted by atomic mass is 10.1. The van der Waals surface area contributed by atoms with Gasteiger partial charge in [0.15, 0.2) is 5.65 Å². The summed E-state index contributed by atoms with van der Waals surface area (Å²) in [6, 6.07) is 23.3. The third-order valence-corrected chi connectivity index (χ3v) is 5.36. The number of hydrogen-bond acceptors (Lipinski definition) is 5. The molecule has 0 bridgehead atoms. The standard InChI is InChI=1S/C26H21N5O2/c32-13-12-28-26(33)20-8-6-18(7-9-20)22-15-25-29-17-24(31(25)30-16-22)21-10-11-27-23(14-21)19-4-2-1-3-5-19/h1-11,14-17,32H,12-13H2,(H,28,33). The van der Waals surface area contributed by atoms with E-state index in [0.717, 1.165) is 39.3 Å². The lowest BCUT2D eigenvalue weighted by molar-refractivity contribution is 0.0945. The molecule has 162 valence electrons. The number of nitrogens with zero attached hydrogens (tertiary/aromatic N) is 4. The quantitative estimate of drug-likeness (QED) is 0.423. The summed E-state index contributed by atoms with van der Waals surface area (Å²) < 4.78 is 1.81. The van der Waals surface area contributed by atoms with Crippen LogP contribution < -0.4 is 5.32 Å². The molecule has 0 saturated heterocycles. The molecular formula is C26H21N5O2. The largest absolute Gasteiger partial charge is 0.395 e. The van der Waals surface area contributed by atoms with Gasteiger partial charge in [-0.05, 0) is 35.9 Å². The zero-order valence-corrected chi connectivity index (χ0v) is 17.7. The highest BCUT2D eigenvalue weighted by Gasteiger charge is 2.11. The number of fused-ring (bicyclic) bond motifs is 1. The Balaban J connectivity index is 1.43. The van der Waals surface area contributed by atoms with E-state index in [1.165, 1.54) is 0 Å². The van der Waals surface area contributed by atoms with Crippen molar-refractivity contribution >= 4 is 11.6 Å². The molecule has 5 rings (SSSR count). The Morgan fingerprint density at radius 3 is 2.45 bits per heavy atom. The van der Waals surface area contributed by atoms with Crippen molar-refractivity contribution in [2.75, 3.05) is 13.2 Å². The average molecular weight is 435 g/mol. The van der Waals surface area contributed by atoms with Gasteiger partial charge in [0.2, 0.25) is 0 Å². The number of carbonyl (C=O) groups excluding carboxylic acids is 1. The maximum atomic E-state index is 12.0. The smallest absolute Gasteiger partial charge is 0.251 e. The lowest BCUT2D eigenvalue weighted by Gasteiger charge is -2.07. The SMILES string of the molecule is O=C(NCCO)c1ccc(-c2cnn3c(-c4ccnc(-c5ccccc5)c4)cnc3c2)cc1. The number of nitrogens with one attached hydrogen (secondary N) is 1. The van der Waals surface area contributed by atoms with E-state index in [1.54, 1.807) is 24.5 Å². The van der Waals surface area contributed by atoms with E-state index in [4.69, 9.17) is 5.11 Å². The van der Waals surface area contributed by atoms with Crippen LogP contribution in [0.2, 0.25) is 0 Å². The Morgan fingerprint density at radius 1 is 0.848 bits per heavy atom. The van der Waals surface area contributed by atoms with Crippen LogP contribution in [0.15, 0.2) is 91.4 Å². The maximum absolute atomic E-state index is 12.0. The summed E-state index contributed by atoms with van der Waals surface area (Å²) in [5.74, 6) is -0.214. The molecule has 3 heterocycles. The Kier molecular flexibility index (Phi) is 5.61. The summed E-state index contributed by atoms with van der Waals surface area (Å²) in [5, 5.41) is 16.1. The summed E-state index contributed by atoms with van der Waals surface area (Å²) in [6.45, 7) is 0.141. The summed E-state index contributed by atoms with van der Waals surface area (Å²) in [5.41, 5.74) is 6.91. The van der Waals surface area contributed by atoms with Crippen molar-refractivity contribution in [3.05, 3.63) is 97.0 Å². The fourth-order valence-corrected chi connectivity index (χ4v) is 3.67. The van der Waals surface area contributed by atoms with Crippen molar-refractivity contribution in [2.24, 2.45) is 0 Å². The van der Waals surface area contributed by atoms with E-state index in [0.29, 0.717) is 5.56 Å². The molecule has 0 aliphatic carbocycles. The minimum absolute atomic E-state index is 0.0884. The van der Waals surface area contributed by atoms with Gasteiger partial charge in [-0.25, -0.2) is 9.50 Å². The number of aliphatic hydroxyl groups is 1. The minimum atomic E-state index is -0.214. The molecule has 5 aromatic rings. The highest BCUT2D eigenvalue weighted by Crippen LogP contribution is 2.26. The number of amides is 1. The Hall–Kier alpha value is -4.36. The van der Waals surface area contributed by atoms with Gasteiger partial charge in [0.25, 0.3) is 5.91 Å². The Bertz CT molecular complexity index is 1410. The summed E-state index contributed by atoms with van der Waals surface area (Å²) in [4.78, 5) is 21.1. The molecule has 7 heteroatoms. The van der Waals surface area contributed by atoms with Crippen LogP contribution in [0.5, 0.6) is 0 Å². The number of pyridine rings is 1. The molecule has 2 N–H and O–H groups in total. The van der Waals surface area contributed by atoms with Gasteiger partial charge in [0, 0.05) is 35.0 Å². The van der Waals surface area contributed by atoms with Gasteiger partial charge >= 0.3 is 0 Å². The molecule has 33 heavy (non-hydrogen) atoms. The first kappa shape index (κ1) is 20.5. The van der Waals surface area contributed by atoms with E-state index in [2.05, 4.69) is 20.4 Å². The molecule has 0 saturated carbocycles. The minimum Gasteiger partial charge on any atom is -0.395 e. The first-order valence-electron chi connectivity index (χ1n) is 10.6. The highest BCUT2D eigenvalue weighted by atomic mass is 16.3. The van der Waals surface area contributed by atoms with Gasteiger partial charge in [-0.1, -0.05) is 42.5 Å². The second kappa shape index (κ2) is 9.02. The first-order chi connectivity index (χ1) is 16.2. The molecular weight excluding hydrogens is 414 g/mol. The molecule has 3 aromatic heterocycles.